The average molecular weight is 398 g/mol. The number of aromatic nitrogens is 1. The standard InChI is InChI=1S/C26H23FN2O/c1-2-22(18-7-4-3-5-8-18)26(30)29-16-20-11-12-23(19-9-6-10-21(27)15-19)24-13-14-28-17-25(20)24/h3-15,17,22H,2,16H2,1H3,(H,29,30). The van der Waals surface area contributed by atoms with E-state index in [1.54, 1.807) is 18.5 Å². The van der Waals surface area contributed by atoms with Crippen molar-refractivity contribution in [1.29, 1.82) is 0 Å². The normalized spacial score (nSPS) is 11.9. The number of benzene rings is 3. The highest BCUT2D eigenvalue weighted by Gasteiger charge is 2.18. The van der Waals surface area contributed by atoms with Gasteiger partial charge in [-0.2, -0.15) is 0 Å². The molecule has 0 saturated carbocycles. The second-order valence-corrected chi connectivity index (χ2v) is 7.29. The van der Waals surface area contributed by atoms with Crippen LogP contribution in [0.5, 0.6) is 0 Å². The van der Waals surface area contributed by atoms with Crippen LogP contribution in [0, 0.1) is 5.82 Å². The molecule has 3 nitrogen and oxygen atoms in total. The molecular weight excluding hydrogens is 375 g/mol. The highest BCUT2D eigenvalue weighted by molar-refractivity contribution is 5.98. The van der Waals surface area contributed by atoms with Crippen LogP contribution in [0.2, 0.25) is 0 Å². The number of fused-ring (bicyclic) bond motifs is 1. The molecule has 4 rings (SSSR count). The molecule has 1 unspecified atom stereocenters. The Morgan fingerprint density at radius 2 is 1.83 bits per heavy atom. The first-order valence-corrected chi connectivity index (χ1v) is 10.1. The van der Waals surface area contributed by atoms with Gasteiger partial charge in [-0.1, -0.05) is 61.5 Å². The predicted octanol–water partition coefficient (Wildman–Crippen LogP) is 5.85. The Morgan fingerprint density at radius 1 is 1.00 bits per heavy atom. The summed E-state index contributed by atoms with van der Waals surface area (Å²) in [5, 5.41) is 5.02. The number of hydrogen-bond donors (Lipinski definition) is 1. The summed E-state index contributed by atoms with van der Waals surface area (Å²) in [6, 6.07) is 22.3. The average Bonchev–Trinajstić information content (AvgIpc) is 2.78. The zero-order valence-electron chi connectivity index (χ0n) is 16.8. The highest BCUT2D eigenvalue weighted by Crippen LogP contribution is 2.31. The minimum absolute atomic E-state index is 0.00921. The van der Waals surface area contributed by atoms with E-state index in [1.807, 2.05) is 61.5 Å². The van der Waals surface area contributed by atoms with Gasteiger partial charge in [0.15, 0.2) is 0 Å². The van der Waals surface area contributed by atoms with Crippen molar-refractivity contribution in [3.8, 4) is 11.1 Å². The van der Waals surface area contributed by atoms with E-state index >= 15 is 0 Å². The number of rotatable bonds is 6. The topological polar surface area (TPSA) is 42.0 Å². The zero-order chi connectivity index (χ0) is 20.9. The van der Waals surface area contributed by atoms with Crippen molar-refractivity contribution in [3.05, 3.63) is 102 Å². The largest absolute Gasteiger partial charge is 0.351 e. The number of hydrogen-bond acceptors (Lipinski definition) is 2. The lowest BCUT2D eigenvalue weighted by atomic mass is 9.94. The molecule has 0 aliphatic carbocycles. The van der Waals surface area contributed by atoms with E-state index in [4.69, 9.17) is 0 Å². The van der Waals surface area contributed by atoms with Crippen LogP contribution in [0.4, 0.5) is 4.39 Å². The summed E-state index contributed by atoms with van der Waals surface area (Å²) >= 11 is 0. The van der Waals surface area contributed by atoms with Gasteiger partial charge in [0.05, 0.1) is 5.92 Å². The number of pyridine rings is 1. The molecule has 1 amide bonds. The number of carbonyl (C=O) groups excluding carboxylic acids is 1. The minimum Gasteiger partial charge on any atom is -0.351 e. The van der Waals surface area contributed by atoms with E-state index in [1.165, 1.54) is 12.1 Å². The second kappa shape index (κ2) is 8.87. The van der Waals surface area contributed by atoms with Crippen molar-refractivity contribution in [3.63, 3.8) is 0 Å². The third-order valence-electron chi connectivity index (χ3n) is 5.42. The maximum absolute atomic E-state index is 13.7. The van der Waals surface area contributed by atoms with Crippen molar-refractivity contribution < 1.29 is 9.18 Å². The first-order chi connectivity index (χ1) is 14.7. The van der Waals surface area contributed by atoms with E-state index in [0.717, 1.165) is 39.4 Å². The fourth-order valence-electron chi connectivity index (χ4n) is 3.87. The lowest BCUT2D eigenvalue weighted by Crippen LogP contribution is -2.28. The van der Waals surface area contributed by atoms with Gasteiger partial charge < -0.3 is 5.32 Å². The summed E-state index contributed by atoms with van der Waals surface area (Å²) in [6.45, 7) is 2.43. The monoisotopic (exact) mass is 398 g/mol. The lowest BCUT2D eigenvalue weighted by molar-refractivity contribution is -0.122. The first-order valence-electron chi connectivity index (χ1n) is 10.1. The van der Waals surface area contributed by atoms with Gasteiger partial charge in [0, 0.05) is 24.3 Å². The molecule has 0 spiro atoms. The van der Waals surface area contributed by atoms with Gasteiger partial charge in [-0.05, 0) is 52.3 Å². The number of amides is 1. The van der Waals surface area contributed by atoms with E-state index in [-0.39, 0.29) is 17.6 Å². The van der Waals surface area contributed by atoms with Crippen molar-refractivity contribution in [2.24, 2.45) is 0 Å². The Morgan fingerprint density at radius 3 is 2.60 bits per heavy atom. The second-order valence-electron chi connectivity index (χ2n) is 7.29. The highest BCUT2D eigenvalue weighted by atomic mass is 19.1. The molecule has 1 aromatic heterocycles. The van der Waals surface area contributed by atoms with Gasteiger partial charge in [-0.15, -0.1) is 0 Å². The molecule has 1 heterocycles. The molecule has 150 valence electrons. The zero-order valence-corrected chi connectivity index (χ0v) is 16.8. The van der Waals surface area contributed by atoms with Gasteiger partial charge in [-0.25, -0.2) is 4.39 Å². The van der Waals surface area contributed by atoms with Crippen LogP contribution in [0.15, 0.2) is 85.2 Å². The van der Waals surface area contributed by atoms with Crippen LogP contribution >= 0.6 is 0 Å². The van der Waals surface area contributed by atoms with Crippen LogP contribution in [-0.4, -0.2) is 10.9 Å². The van der Waals surface area contributed by atoms with Gasteiger partial charge in [0.1, 0.15) is 5.82 Å². The molecule has 0 radical (unpaired) electrons. The van der Waals surface area contributed by atoms with Gasteiger partial charge in [0.25, 0.3) is 0 Å². The molecule has 0 aliphatic heterocycles. The molecule has 1 N–H and O–H groups in total. The summed E-state index contributed by atoms with van der Waals surface area (Å²) in [4.78, 5) is 17.1. The third-order valence-corrected chi connectivity index (χ3v) is 5.42. The predicted molar refractivity (Wildman–Crippen MR) is 118 cm³/mol. The molecule has 4 aromatic rings. The molecular formula is C26H23FN2O. The third kappa shape index (κ3) is 4.08. The van der Waals surface area contributed by atoms with Crippen molar-refractivity contribution in [2.75, 3.05) is 0 Å². The molecule has 0 bridgehead atoms. The molecule has 0 fully saturated rings. The fourth-order valence-corrected chi connectivity index (χ4v) is 3.87. The lowest BCUT2D eigenvalue weighted by Gasteiger charge is -2.17. The smallest absolute Gasteiger partial charge is 0.227 e. The van der Waals surface area contributed by atoms with Gasteiger partial charge >= 0.3 is 0 Å². The van der Waals surface area contributed by atoms with Crippen LogP contribution in [0.1, 0.15) is 30.4 Å². The summed E-state index contributed by atoms with van der Waals surface area (Å²) in [7, 11) is 0. The summed E-state index contributed by atoms with van der Waals surface area (Å²) < 4.78 is 13.7. The molecule has 0 saturated heterocycles. The molecule has 4 heteroatoms. The minimum atomic E-state index is -0.266. The Bertz CT molecular complexity index is 1170. The fraction of sp³-hybridized carbons (Fsp3) is 0.154. The maximum Gasteiger partial charge on any atom is 0.227 e. The summed E-state index contributed by atoms with van der Waals surface area (Å²) in [5.74, 6) is -0.435. The Hall–Kier alpha value is -3.53. The number of nitrogens with zero attached hydrogens (tertiary/aromatic N) is 1. The van der Waals surface area contributed by atoms with E-state index < -0.39 is 0 Å². The molecule has 3 aromatic carbocycles. The quantitative estimate of drug-likeness (QED) is 0.443. The Balaban J connectivity index is 1.61. The van der Waals surface area contributed by atoms with Crippen molar-refractivity contribution >= 4 is 16.7 Å². The maximum atomic E-state index is 13.7. The number of halogens is 1. The Labute approximate surface area is 175 Å². The van der Waals surface area contributed by atoms with E-state index in [0.29, 0.717) is 6.54 Å². The van der Waals surface area contributed by atoms with Crippen LogP contribution in [0.25, 0.3) is 21.9 Å². The number of carbonyl (C=O) groups is 1. The number of nitrogens with one attached hydrogen (secondary N) is 1. The molecule has 0 aliphatic rings. The van der Waals surface area contributed by atoms with Gasteiger partial charge in [0.2, 0.25) is 5.91 Å². The van der Waals surface area contributed by atoms with Crippen molar-refractivity contribution in [2.45, 2.75) is 25.8 Å². The first kappa shape index (κ1) is 19.8. The molecule has 1 atom stereocenters. The van der Waals surface area contributed by atoms with Gasteiger partial charge in [-0.3, -0.25) is 9.78 Å². The van der Waals surface area contributed by atoms with E-state index in [9.17, 15) is 9.18 Å². The Kier molecular flexibility index (Phi) is 5.84. The van der Waals surface area contributed by atoms with E-state index in [2.05, 4.69) is 10.3 Å². The summed E-state index contributed by atoms with van der Waals surface area (Å²) in [6.07, 6.45) is 4.26. The molecule has 30 heavy (non-hydrogen) atoms. The van der Waals surface area contributed by atoms with Crippen molar-refractivity contribution in [1.82, 2.24) is 10.3 Å². The summed E-state index contributed by atoms with van der Waals surface area (Å²) in [5.41, 5.74) is 3.76. The van der Waals surface area contributed by atoms with Crippen LogP contribution < -0.4 is 5.32 Å². The van der Waals surface area contributed by atoms with Crippen LogP contribution in [-0.2, 0) is 11.3 Å². The SMILES string of the molecule is CCC(C(=O)NCc1ccc(-c2cccc(F)c2)c2ccncc12)c1ccccc1. The van der Waals surface area contributed by atoms with Crippen LogP contribution in [0.3, 0.4) is 0 Å².